The van der Waals surface area contributed by atoms with E-state index in [0.717, 1.165) is 57.7 Å². The molecule has 0 aliphatic carbocycles. The van der Waals surface area contributed by atoms with Gasteiger partial charge in [0.2, 0.25) is 0 Å². The Morgan fingerprint density at radius 3 is 2.29 bits per heavy atom. The monoisotopic (exact) mass is 388 g/mol. The number of nitrogens with zero attached hydrogens (tertiary/aromatic N) is 3. The fraction of sp³-hybridized carbons (Fsp3) is 0.619. The lowest BCUT2D eigenvalue weighted by atomic mass is 10.0. The summed E-state index contributed by atoms with van der Waals surface area (Å²) < 4.78 is 5.09. The zero-order valence-corrected chi connectivity index (χ0v) is 17.0. The molecule has 1 aromatic carbocycles. The third kappa shape index (κ3) is 5.16. The third-order valence-electron chi connectivity index (χ3n) is 5.75. The van der Waals surface area contributed by atoms with Crippen LogP contribution in [0.5, 0.6) is 0 Å². The molecule has 1 atom stereocenters. The van der Waals surface area contributed by atoms with Crippen LogP contribution in [0, 0.1) is 0 Å². The van der Waals surface area contributed by atoms with Crippen molar-refractivity contribution in [3.05, 3.63) is 35.9 Å². The zero-order valence-electron chi connectivity index (χ0n) is 17.0. The molecule has 1 unspecified atom stereocenters. The molecule has 0 bridgehead atoms. The van der Waals surface area contributed by atoms with E-state index in [1.165, 1.54) is 0 Å². The van der Waals surface area contributed by atoms with Crippen LogP contribution in [-0.4, -0.2) is 78.7 Å². The Kier molecular flexibility index (Phi) is 7.14. The topological polar surface area (TPSA) is 65.1 Å². The van der Waals surface area contributed by atoms with Gasteiger partial charge in [0.15, 0.2) is 0 Å². The van der Waals surface area contributed by atoms with Crippen molar-refractivity contribution >= 4 is 12.1 Å². The van der Waals surface area contributed by atoms with Gasteiger partial charge in [0.1, 0.15) is 0 Å². The van der Waals surface area contributed by atoms with Crippen LogP contribution in [0.4, 0.5) is 9.59 Å². The Bertz CT molecular complexity index is 638. The molecular formula is C21H32N4O3. The largest absolute Gasteiger partial charge is 0.450 e. The van der Waals surface area contributed by atoms with Gasteiger partial charge in [0.05, 0.1) is 12.6 Å². The van der Waals surface area contributed by atoms with Crippen LogP contribution in [0.2, 0.25) is 0 Å². The van der Waals surface area contributed by atoms with Crippen molar-refractivity contribution in [2.45, 2.75) is 38.8 Å². The molecule has 2 aliphatic rings. The van der Waals surface area contributed by atoms with Gasteiger partial charge in [-0.05, 0) is 32.3 Å². The van der Waals surface area contributed by atoms with Gasteiger partial charge in [-0.2, -0.15) is 0 Å². The standard InChI is InChI=1S/C21H32N4O3/c1-3-28-21(27)25-11-9-19(10-12-25)23-13-15-24(16-14-23)20(26)22-17(2)18-7-5-4-6-8-18/h4-8,17,19H,3,9-16H2,1-2H3,(H,22,26). The van der Waals surface area contributed by atoms with Crippen LogP contribution in [0.1, 0.15) is 38.3 Å². The first-order valence-corrected chi connectivity index (χ1v) is 10.3. The van der Waals surface area contributed by atoms with Gasteiger partial charge in [0.25, 0.3) is 0 Å². The van der Waals surface area contributed by atoms with E-state index in [0.29, 0.717) is 12.6 Å². The van der Waals surface area contributed by atoms with E-state index in [1.807, 2.05) is 49.1 Å². The second-order valence-corrected chi connectivity index (χ2v) is 7.52. The molecular weight excluding hydrogens is 356 g/mol. The number of nitrogens with one attached hydrogen (secondary N) is 1. The van der Waals surface area contributed by atoms with Crippen molar-refractivity contribution in [3.63, 3.8) is 0 Å². The Morgan fingerprint density at radius 1 is 1.04 bits per heavy atom. The summed E-state index contributed by atoms with van der Waals surface area (Å²) in [7, 11) is 0. The van der Waals surface area contributed by atoms with Crippen LogP contribution in [0.15, 0.2) is 30.3 Å². The highest BCUT2D eigenvalue weighted by atomic mass is 16.6. The van der Waals surface area contributed by atoms with Gasteiger partial charge >= 0.3 is 12.1 Å². The smallest absolute Gasteiger partial charge is 0.409 e. The predicted octanol–water partition coefficient (Wildman–Crippen LogP) is 2.70. The SMILES string of the molecule is CCOC(=O)N1CCC(N2CCN(C(=O)NC(C)c3ccccc3)CC2)CC1. The molecule has 2 heterocycles. The highest BCUT2D eigenvalue weighted by Gasteiger charge is 2.30. The van der Waals surface area contributed by atoms with Gasteiger partial charge < -0.3 is 19.9 Å². The lowest BCUT2D eigenvalue weighted by molar-refractivity contribution is 0.0566. The molecule has 7 heteroatoms. The van der Waals surface area contributed by atoms with Crippen molar-refractivity contribution in [1.29, 1.82) is 0 Å². The Balaban J connectivity index is 1.41. The second-order valence-electron chi connectivity index (χ2n) is 7.52. The number of piperazine rings is 1. The van der Waals surface area contributed by atoms with Crippen LogP contribution < -0.4 is 5.32 Å². The number of likely N-dealkylation sites (tertiary alicyclic amines) is 1. The number of piperidine rings is 1. The molecule has 0 saturated carbocycles. The maximum atomic E-state index is 12.6. The minimum atomic E-state index is -0.199. The van der Waals surface area contributed by atoms with E-state index in [4.69, 9.17) is 4.74 Å². The second kappa shape index (κ2) is 9.78. The summed E-state index contributed by atoms with van der Waals surface area (Å²) in [6, 6.07) is 10.5. The van der Waals surface area contributed by atoms with E-state index in [2.05, 4.69) is 10.2 Å². The fourth-order valence-electron chi connectivity index (χ4n) is 4.02. The molecule has 0 aromatic heterocycles. The van der Waals surface area contributed by atoms with E-state index >= 15 is 0 Å². The maximum Gasteiger partial charge on any atom is 0.409 e. The summed E-state index contributed by atoms with van der Waals surface area (Å²) in [6.45, 7) is 9.02. The van der Waals surface area contributed by atoms with Gasteiger partial charge in [-0.25, -0.2) is 9.59 Å². The first kappa shape index (κ1) is 20.5. The van der Waals surface area contributed by atoms with Gasteiger partial charge in [-0.3, -0.25) is 4.90 Å². The molecule has 0 radical (unpaired) electrons. The molecule has 2 aliphatic heterocycles. The van der Waals surface area contributed by atoms with Crippen molar-refractivity contribution in [2.75, 3.05) is 45.9 Å². The van der Waals surface area contributed by atoms with Crippen LogP contribution in [0.25, 0.3) is 0 Å². The summed E-state index contributed by atoms with van der Waals surface area (Å²) in [5, 5.41) is 3.10. The molecule has 2 saturated heterocycles. The summed E-state index contributed by atoms with van der Waals surface area (Å²) in [4.78, 5) is 30.6. The number of ether oxygens (including phenoxy) is 1. The average molecular weight is 389 g/mol. The van der Waals surface area contributed by atoms with Crippen molar-refractivity contribution < 1.29 is 14.3 Å². The maximum absolute atomic E-state index is 12.6. The number of carbonyl (C=O) groups is 2. The highest BCUT2D eigenvalue weighted by Crippen LogP contribution is 2.19. The molecule has 3 rings (SSSR count). The molecule has 1 N–H and O–H groups in total. The summed E-state index contributed by atoms with van der Waals surface area (Å²) >= 11 is 0. The number of rotatable bonds is 4. The van der Waals surface area contributed by atoms with E-state index < -0.39 is 0 Å². The van der Waals surface area contributed by atoms with E-state index in [-0.39, 0.29) is 18.2 Å². The minimum Gasteiger partial charge on any atom is -0.450 e. The molecule has 28 heavy (non-hydrogen) atoms. The first-order chi connectivity index (χ1) is 13.6. The quantitative estimate of drug-likeness (QED) is 0.861. The van der Waals surface area contributed by atoms with Gasteiger partial charge in [-0.1, -0.05) is 30.3 Å². The lowest BCUT2D eigenvalue weighted by Crippen LogP contribution is -2.56. The summed E-state index contributed by atoms with van der Waals surface area (Å²) in [5.74, 6) is 0. The average Bonchev–Trinajstić information content (AvgIpc) is 2.74. The number of urea groups is 1. The Hall–Kier alpha value is -2.28. The number of amides is 3. The van der Waals surface area contributed by atoms with Crippen molar-refractivity contribution in [3.8, 4) is 0 Å². The van der Waals surface area contributed by atoms with E-state index in [1.54, 1.807) is 4.90 Å². The van der Waals surface area contributed by atoms with E-state index in [9.17, 15) is 9.59 Å². The molecule has 1 aromatic rings. The number of benzene rings is 1. The van der Waals surface area contributed by atoms with Crippen molar-refractivity contribution in [2.24, 2.45) is 0 Å². The molecule has 7 nitrogen and oxygen atoms in total. The zero-order chi connectivity index (χ0) is 19.9. The fourth-order valence-corrected chi connectivity index (χ4v) is 4.02. The van der Waals surface area contributed by atoms with Gasteiger partial charge in [-0.15, -0.1) is 0 Å². The number of hydrogen-bond acceptors (Lipinski definition) is 4. The molecule has 2 fully saturated rings. The van der Waals surface area contributed by atoms with Crippen LogP contribution >= 0.6 is 0 Å². The molecule has 154 valence electrons. The Labute approximate surface area is 167 Å². The predicted molar refractivity (Wildman–Crippen MR) is 108 cm³/mol. The Morgan fingerprint density at radius 2 is 1.68 bits per heavy atom. The summed E-state index contributed by atoms with van der Waals surface area (Å²) in [6.07, 6.45) is 1.74. The molecule has 0 spiro atoms. The van der Waals surface area contributed by atoms with Crippen molar-refractivity contribution in [1.82, 2.24) is 20.0 Å². The lowest BCUT2D eigenvalue weighted by Gasteiger charge is -2.42. The highest BCUT2D eigenvalue weighted by molar-refractivity contribution is 5.74. The normalized spacial score (nSPS) is 19.9. The first-order valence-electron chi connectivity index (χ1n) is 10.3. The number of hydrogen-bond donors (Lipinski definition) is 1. The van der Waals surface area contributed by atoms with Gasteiger partial charge in [0, 0.05) is 45.3 Å². The summed E-state index contributed by atoms with van der Waals surface area (Å²) in [5.41, 5.74) is 1.11. The van der Waals surface area contributed by atoms with Crippen LogP contribution in [-0.2, 0) is 4.74 Å². The third-order valence-corrected chi connectivity index (χ3v) is 5.75. The minimum absolute atomic E-state index is 0.000987. The molecule has 3 amide bonds. The van der Waals surface area contributed by atoms with Crippen LogP contribution in [0.3, 0.4) is 0 Å². The number of carbonyl (C=O) groups excluding carboxylic acids is 2.